The first-order chi connectivity index (χ1) is 13.1. The van der Waals surface area contributed by atoms with Crippen LogP contribution in [0.3, 0.4) is 0 Å². The van der Waals surface area contributed by atoms with Gasteiger partial charge in [0.2, 0.25) is 5.78 Å². The summed E-state index contributed by atoms with van der Waals surface area (Å²) < 4.78 is 26.4. The molecule has 3 rings (SSSR count). The molecule has 0 amide bonds. The summed E-state index contributed by atoms with van der Waals surface area (Å²) in [4.78, 5) is 14.8. The molecule has 1 aliphatic heterocycles. The van der Waals surface area contributed by atoms with Gasteiger partial charge in [-0.15, -0.1) is 0 Å². The topological polar surface area (TPSA) is 44.1 Å². The molecule has 0 spiro atoms. The van der Waals surface area contributed by atoms with Crippen molar-refractivity contribution in [3.05, 3.63) is 70.8 Å². The van der Waals surface area contributed by atoms with E-state index >= 15 is 0 Å². The van der Waals surface area contributed by atoms with Crippen molar-refractivity contribution in [3.63, 3.8) is 0 Å². The highest BCUT2D eigenvalue weighted by Gasteiger charge is 2.15. The predicted molar refractivity (Wildman–Crippen MR) is 101 cm³/mol. The van der Waals surface area contributed by atoms with Crippen molar-refractivity contribution in [1.29, 1.82) is 5.26 Å². The zero-order valence-electron chi connectivity index (χ0n) is 14.9. The number of carbonyl (C=O) groups is 1. The normalized spacial score (nSPS) is 15.1. The highest BCUT2D eigenvalue weighted by molar-refractivity contribution is 6.14. The second kappa shape index (κ2) is 8.59. The number of nitrogens with zero attached hydrogens (tertiary/aromatic N) is 2. The second-order valence-electron chi connectivity index (χ2n) is 6.62. The van der Waals surface area contributed by atoms with E-state index in [-0.39, 0.29) is 11.1 Å². The molecule has 0 aliphatic carbocycles. The Morgan fingerprint density at radius 3 is 2.22 bits per heavy atom. The SMILES string of the molecule is N#CC(=Cc1ccc(N2CCCCCC2)cc1)C(=O)c1ccc(F)c(F)c1. The number of ketones is 1. The zero-order valence-corrected chi connectivity index (χ0v) is 14.9. The number of hydrogen-bond donors (Lipinski definition) is 0. The molecule has 0 radical (unpaired) electrons. The minimum absolute atomic E-state index is 0.0529. The molecule has 1 fully saturated rings. The van der Waals surface area contributed by atoms with Gasteiger partial charge in [0.15, 0.2) is 11.6 Å². The van der Waals surface area contributed by atoms with Crippen molar-refractivity contribution in [2.24, 2.45) is 0 Å². The lowest BCUT2D eigenvalue weighted by Gasteiger charge is -2.22. The first-order valence-corrected chi connectivity index (χ1v) is 9.05. The van der Waals surface area contributed by atoms with Gasteiger partial charge < -0.3 is 4.90 Å². The van der Waals surface area contributed by atoms with Crippen LogP contribution in [0.4, 0.5) is 14.5 Å². The first kappa shape index (κ1) is 18.8. The Hall–Kier alpha value is -3.00. The van der Waals surface area contributed by atoms with E-state index in [0.717, 1.165) is 30.9 Å². The van der Waals surface area contributed by atoms with Crippen LogP contribution in [0.15, 0.2) is 48.0 Å². The molecule has 0 saturated carbocycles. The Morgan fingerprint density at radius 1 is 0.963 bits per heavy atom. The van der Waals surface area contributed by atoms with E-state index in [2.05, 4.69) is 4.90 Å². The van der Waals surface area contributed by atoms with Crippen LogP contribution in [0.2, 0.25) is 0 Å². The molecule has 0 N–H and O–H groups in total. The van der Waals surface area contributed by atoms with E-state index in [4.69, 9.17) is 0 Å². The second-order valence-corrected chi connectivity index (χ2v) is 6.62. The first-order valence-electron chi connectivity index (χ1n) is 9.05. The van der Waals surface area contributed by atoms with E-state index in [9.17, 15) is 18.8 Å². The van der Waals surface area contributed by atoms with Crippen molar-refractivity contribution in [3.8, 4) is 6.07 Å². The van der Waals surface area contributed by atoms with Crippen LogP contribution < -0.4 is 4.90 Å². The molecule has 27 heavy (non-hydrogen) atoms. The number of rotatable bonds is 4. The summed E-state index contributed by atoms with van der Waals surface area (Å²) >= 11 is 0. The van der Waals surface area contributed by atoms with Crippen molar-refractivity contribution >= 4 is 17.5 Å². The smallest absolute Gasteiger partial charge is 0.203 e. The van der Waals surface area contributed by atoms with Gasteiger partial charge in [-0.1, -0.05) is 25.0 Å². The highest BCUT2D eigenvalue weighted by atomic mass is 19.2. The summed E-state index contributed by atoms with van der Waals surface area (Å²) in [5.74, 6) is -2.77. The van der Waals surface area contributed by atoms with Crippen LogP contribution >= 0.6 is 0 Å². The molecule has 1 saturated heterocycles. The number of Topliss-reactive ketones (excluding diaryl/α,β-unsaturated/α-hetero) is 1. The van der Waals surface area contributed by atoms with Gasteiger partial charge >= 0.3 is 0 Å². The number of benzene rings is 2. The van der Waals surface area contributed by atoms with Crippen molar-refractivity contribution in [1.82, 2.24) is 0 Å². The lowest BCUT2D eigenvalue weighted by Crippen LogP contribution is -2.23. The van der Waals surface area contributed by atoms with Gasteiger partial charge in [0.25, 0.3) is 0 Å². The lowest BCUT2D eigenvalue weighted by atomic mass is 10.0. The molecular formula is C22H20F2N2O. The fourth-order valence-corrected chi connectivity index (χ4v) is 3.22. The molecule has 2 aromatic rings. The largest absolute Gasteiger partial charge is 0.372 e. The fourth-order valence-electron chi connectivity index (χ4n) is 3.22. The van der Waals surface area contributed by atoms with E-state index in [1.165, 1.54) is 37.8 Å². The summed E-state index contributed by atoms with van der Waals surface area (Å²) in [6.07, 6.45) is 6.35. The number of anilines is 1. The lowest BCUT2D eigenvalue weighted by molar-refractivity contribution is 0.103. The average molecular weight is 366 g/mol. The molecule has 0 bridgehead atoms. The van der Waals surface area contributed by atoms with Crippen LogP contribution in [0.1, 0.15) is 41.6 Å². The third-order valence-electron chi connectivity index (χ3n) is 4.72. The number of halogens is 2. The molecule has 1 aliphatic rings. The van der Waals surface area contributed by atoms with E-state index in [1.54, 1.807) is 0 Å². The minimum atomic E-state index is -1.11. The highest BCUT2D eigenvalue weighted by Crippen LogP contribution is 2.21. The molecule has 3 nitrogen and oxygen atoms in total. The molecule has 0 unspecified atom stereocenters. The van der Waals surface area contributed by atoms with Crippen LogP contribution in [0, 0.1) is 23.0 Å². The standard InChI is InChI=1S/C22H20F2N2O/c23-20-10-7-17(14-21(20)24)22(27)18(15-25)13-16-5-8-19(9-6-16)26-11-3-1-2-4-12-26/h5-10,13-14H,1-4,11-12H2. The van der Waals surface area contributed by atoms with Crippen LogP contribution in [0.25, 0.3) is 6.08 Å². The van der Waals surface area contributed by atoms with Crippen molar-refractivity contribution in [2.75, 3.05) is 18.0 Å². The van der Waals surface area contributed by atoms with Gasteiger partial charge in [-0.2, -0.15) is 5.26 Å². The Bertz CT molecular complexity index is 890. The third kappa shape index (κ3) is 4.59. The molecule has 2 aromatic carbocycles. The predicted octanol–water partition coefficient (Wildman–Crippen LogP) is 5.14. The average Bonchev–Trinajstić information content (AvgIpc) is 2.98. The Labute approximate surface area is 157 Å². The fraction of sp³-hybridized carbons (Fsp3) is 0.273. The van der Waals surface area contributed by atoms with Crippen LogP contribution in [-0.2, 0) is 0 Å². The monoisotopic (exact) mass is 366 g/mol. The molecule has 0 aromatic heterocycles. The van der Waals surface area contributed by atoms with Gasteiger partial charge in [-0.3, -0.25) is 4.79 Å². The Balaban J connectivity index is 1.79. The molecule has 5 heteroatoms. The van der Waals surface area contributed by atoms with E-state index in [0.29, 0.717) is 5.56 Å². The minimum Gasteiger partial charge on any atom is -0.372 e. The van der Waals surface area contributed by atoms with E-state index < -0.39 is 17.4 Å². The van der Waals surface area contributed by atoms with Crippen LogP contribution in [-0.4, -0.2) is 18.9 Å². The summed E-state index contributed by atoms with van der Waals surface area (Å²) in [7, 11) is 0. The molecule has 0 atom stereocenters. The van der Waals surface area contributed by atoms with Gasteiger partial charge in [0.1, 0.15) is 11.6 Å². The third-order valence-corrected chi connectivity index (χ3v) is 4.72. The Kier molecular flexibility index (Phi) is 5.97. The molecule has 138 valence electrons. The van der Waals surface area contributed by atoms with Gasteiger partial charge in [-0.25, -0.2) is 8.78 Å². The summed E-state index contributed by atoms with van der Waals surface area (Å²) in [6.45, 7) is 2.07. The van der Waals surface area contributed by atoms with Gasteiger partial charge in [0, 0.05) is 24.3 Å². The quantitative estimate of drug-likeness (QED) is 0.428. The number of allylic oxidation sites excluding steroid dienone is 1. The zero-order chi connectivity index (χ0) is 19.2. The maximum atomic E-state index is 13.3. The van der Waals surface area contributed by atoms with Gasteiger partial charge in [0.05, 0.1) is 0 Å². The summed E-state index contributed by atoms with van der Waals surface area (Å²) in [6, 6.07) is 12.4. The number of hydrogen-bond acceptors (Lipinski definition) is 3. The maximum absolute atomic E-state index is 13.3. The van der Waals surface area contributed by atoms with E-state index in [1.807, 2.05) is 30.3 Å². The number of carbonyl (C=O) groups excluding carboxylic acids is 1. The Morgan fingerprint density at radius 2 is 1.63 bits per heavy atom. The maximum Gasteiger partial charge on any atom is 0.203 e. The van der Waals surface area contributed by atoms with Gasteiger partial charge in [-0.05, 0) is 54.8 Å². The van der Waals surface area contributed by atoms with Crippen molar-refractivity contribution in [2.45, 2.75) is 25.7 Å². The molecule has 1 heterocycles. The summed E-state index contributed by atoms with van der Waals surface area (Å²) in [5, 5.41) is 9.32. The molecular weight excluding hydrogens is 346 g/mol. The number of nitriles is 1. The summed E-state index contributed by atoms with van der Waals surface area (Å²) in [5.41, 5.74) is 1.66. The van der Waals surface area contributed by atoms with Crippen molar-refractivity contribution < 1.29 is 13.6 Å². The van der Waals surface area contributed by atoms with Crippen LogP contribution in [0.5, 0.6) is 0 Å².